The van der Waals surface area contributed by atoms with Gasteiger partial charge in [0, 0.05) is 30.3 Å². The highest BCUT2D eigenvalue weighted by Gasteiger charge is 2.41. The molecule has 1 aliphatic heterocycles. The Balaban J connectivity index is 1.57. The number of rotatable bonds is 11. The van der Waals surface area contributed by atoms with Crippen LogP contribution in [0.2, 0.25) is 0 Å². The van der Waals surface area contributed by atoms with Gasteiger partial charge in [0.25, 0.3) is 14.1 Å². The van der Waals surface area contributed by atoms with E-state index in [0.717, 1.165) is 10.9 Å². The van der Waals surface area contributed by atoms with E-state index < -0.39 is 38.2 Å². The van der Waals surface area contributed by atoms with Crippen molar-refractivity contribution in [2.45, 2.75) is 78.2 Å². The van der Waals surface area contributed by atoms with E-state index in [0.29, 0.717) is 18.6 Å². The molecule has 0 saturated carbocycles. The summed E-state index contributed by atoms with van der Waals surface area (Å²) in [5.74, 6) is 0. The van der Waals surface area contributed by atoms with Crippen LogP contribution in [0.5, 0.6) is 0 Å². The predicted octanol–water partition coefficient (Wildman–Crippen LogP) is 4.23. The average molecular weight is 531 g/mol. The molecule has 1 aromatic heterocycles. The predicted molar refractivity (Wildman–Crippen MR) is 144 cm³/mol. The van der Waals surface area contributed by atoms with Gasteiger partial charge in [-0.3, -0.25) is 14.3 Å². The number of H-pyrrole nitrogens is 1. The van der Waals surface area contributed by atoms with Crippen molar-refractivity contribution in [3.05, 3.63) is 80.6 Å². The highest BCUT2D eigenvalue weighted by atomic mass is 31.2. The van der Waals surface area contributed by atoms with Gasteiger partial charge in [0.1, 0.15) is 12.3 Å². The lowest BCUT2D eigenvalue weighted by molar-refractivity contribution is -0.0441. The van der Waals surface area contributed by atoms with E-state index in [-0.39, 0.29) is 18.7 Å². The van der Waals surface area contributed by atoms with Crippen LogP contribution in [-0.2, 0) is 20.4 Å². The van der Waals surface area contributed by atoms with E-state index >= 15 is 0 Å². The van der Waals surface area contributed by atoms with Crippen LogP contribution in [0.15, 0.2) is 58.3 Å². The maximum Gasteiger partial charge on any atom is 0.330 e. The van der Waals surface area contributed by atoms with E-state index in [2.05, 4.69) is 72.8 Å². The maximum atomic E-state index is 12.5. The molecule has 1 saturated heterocycles. The number of nitrogens with one attached hydrogen (secondary N) is 1. The van der Waals surface area contributed by atoms with Crippen molar-refractivity contribution >= 4 is 19.3 Å². The molecule has 10 heteroatoms. The standard InChI is InChI=1S/C27H36N3O6P/c1-17(2)30(18(3)4)37(34-16-20-10-11-21-8-6-7-9-22(21)12-20)36-23-13-25(35-24(23)15-31)29-14-19(5)26(32)28-27(29)33/h6-12,14,17-18,23-25,31H,13,15-16H2,1-5H3,(H,28,32,33)/t23?,24-,25-,37?/m1/s1/i31D. The molecule has 0 aliphatic carbocycles. The van der Waals surface area contributed by atoms with Gasteiger partial charge < -0.3 is 18.9 Å². The Morgan fingerprint density at radius 3 is 2.62 bits per heavy atom. The van der Waals surface area contributed by atoms with Gasteiger partial charge in [-0.05, 0) is 57.0 Å². The quantitative estimate of drug-likeness (QED) is 0.358. The fourth-order valence-electron chi connectivity index (χ4n) is 4.63. The molecule has 4 rings (SSSR count). The monoisotopic (exact) mass is 530 g/mol. The molecular formula is C27H36N3O6P. The molecule has 0 bridgehead atoms. The topological polar surface area (TPSA) is 106 Å². The number of aromatic nitrogens is 2. The van der Waals surface area contributed by atoms with Gasteiger partial charge in [-0.25, -0.2) is 9.46 Å². The lowest BCUT2D eigenvalue weighted by atomic mass is 10.1. The van der Waals surface area contributed by atoms with E-state index in [1.807, 2.05) is 12.1 Å². The van der Waals surface area contributed by atoms with Gasteiger partial charge in [-0.2, -0.15) is 0 Å². The van der Waals surface area contributed by atoms with Crippen LogP contribution < -0.4 is 11.2 Å². The third-order valence-corrected chi connectivity index (χ3v) is 8.53. The Labute approximate surface area is 219 Å². The van der Waals surface area contributed by atoms with Gasteiger partial charge in [-0.15, -0.1) is 0 Å². The molecule has 2 unspecified atom stereocenters. The molecule has 0 spiro atoms. The summed E-state index contributed by atoms with van der Waals surface area (Å²) in [5, 5.41) is 6.98. The summed E-state index contributed by atoms with van der Waals surface area (Å²) in [5.41, 5.74) is 0.447. The fourth-order valence-corrected chi connectivity index (χ4v) is 6.40. The van der Waals surface area contributed by atoms with Crippen LogP contribution in [0.3, 0.4) is 0 Å². The number of aryl methyl sites for hydroxylation is 1. The summed E-state index contributed by atoms with van der Waals surface area (Å²) in [4.78, 5) is 26.7. The molecule has 1 aliphatic rings. The highest BCUT2D eigenvalue weighted by Crippen LogP contribution is 2.50. The van der Waals surface area contributed by atoms with E-state index in [1.54, 1.807) is 6.92 Å². The van der Waals surface area contributed by atoms with Crippen LogP contribution >= 0.6 is 8.53 Å². The molecule has 0 radical (unpaired) electrons. The van der Waals surface area contributed by atoms with E-state index in [1.165, 1.54) is 16.2 Å². The highest BCUT2D eigenvalue weighted by molar-refractivity contribution is 7.44. The minimum atomic E-state index is -1.53. The molecule has 3 aromatic rings. The van der Waals surface area contributed by atoms with Crippen molar-refractivity contribution in [3.63, 3.8) is 0 Å². The van der Waals surface area contributed by atoms with Crippen LogP contribution in [0.4, 0.5) is 0 Å². The Morgan fingerprint density at radius 1 is 1.19 bits per heavy atom. The van der Waals surface area contributed by atoms with Crippen LogP contribution in [0.25, 0.3) is 10.8 Å². The zero-order chi connectivity index (χ0) is 27.4. The lowest BCUT2D eigenvalue weighted by Crippen LogP contribution is -2.36. The van der Waals surface area contributed by atoms with Gasteiger partial charge in [0.05, 0.1) is 19.3 Å². The van der Waals surface area contributed by atoms with Crippen molar-refractivity contribution in [1.29, 1.82) is 1.43 Å². The minimum Gasteiger partial charge on any atom is -0.394 e. The van der Waals surface area contributed by atoms with Gasteiger partial charge in [0.2, 0.25) is 1.43 Å². The SMILES string of the molecule is [2H]OC[C@H]1O[C@@H](n2cc(C)c(=O)[nH]c2=O)CC1OP(OCc1ccc2ccccc2c1)N(C(C)C)C(C)C. The molecule has 2 N–H and O–H groups in total. The van der Waals surface area contributed by atoms with E-state index in [4.69, 9.17) is 15.2 Å². The number of aromatic amines is 1. The number of fused-ring (bicyclic) bond motifs is 1. The second-order valence-corrected chi connectivity index (χ2v) is 11.3. The number of benzene rings is 2. The largest absolute Gasteiger partial charge is 0.394 e. The molecule has 2 aromatic carbocycles. The summed E-state index contributed by atoms with van der Waals surface area (Å²) >= 11 is 0. The van der Waals surface area contributed by atoms with Crippen molar-refractivity contribution < 1.29 is 18.9 Å². The summed E-state index contributed by atoms with van der Waals surface area (Å²) in [6, 6.07) is 14.7. The van der Waals surface area contributed by atoms with Crippen molar-refractivity contribution in [3.8, 4) is 0 Å². The number of ether oxygens (including phenoxy) is 1. The van der Waals surface area contributed by atoms with Crippen LogP contribution in [0.1, 0.15) is 51.5 Å². The first-order valence-electron chi connectivity index (χ1n) is 13.0. The molecule has 37 heavy (non-hydrogen) atoms. The van der Waals surface area contributed by atoms with Crippen molar-refractivity contribution in [2.75, 3.05) is 6.61 Å². The molecule has 9 nitrogen and oxygen atoms in total. The Bertz CT molecular complexity index is 1340. The van der Waals surface area contributed by atoms with Crippen molar-refractivity contribution in [1.82, 2.24) is 14.2 Å². The Morgan fingerprint density at radius 2 is 1.92 bits per heavy atom. The molecule has 2 heterocycles. The Kier molecular flexibility index (Phi) is 8.49. The summed E-state index contributed by atoms with van der Waals surface area (Å²) in [7, 11) is -1.53. The second-order valence-electron chi connectivity index (χ2n) is 9.91. The number of aliphatic hydroxyl groups excluding tert-OH is 1. The smallest absolute Gasteiger partial charge is 0.330 e. The van der Waals surface area contributed by atoms with Gasteiger partial charge in [-0.1, -0.05) is 36.4 Å². The maximum absolute atomic E-state index is 12.5. The number of nitrogens with zero attached hydrogens (tertiary/aromatic N) is 2. The molecule has 1 fully saturated rings. The molecule has 0 amide bonds. The molecular weight excluding hydrogens is 493 g/mol. The van der Waals surface area contributed by atoms with Crippen LogP contribution in [0, 0.1) is 6.92 Å². The normalized spacial score (nSPS) is 21.3. The summed E-state index contributed by atoms with van der Waals surface area (Å²) in [6.07, 6.45) is 0.0635. The number of aliphatic hydroxyl groups is 1. The van der Waals surface area contributed by atoms with Gasteiger partial charge >= 0.3 is 5.69 Å². The first-order chi connectivity index (χ1) is 18.2. The number of hydrogen-bond acceptors (Lipinski definition) is 7. The molecule has 4 atom stereocenters. The Hall–Kier alpha value is -2.39. The van der Waals surface area contributed by atoms with E-state index in [9.17, 15) is 9.59 Å². The minimum absolute atomic E-state index is 0.0323. The summed E-state index contributed by atoms with van der Waals surface area (Å²) < 4.78 is 30.0. The zero-order valence-electron chi connectivity index (χ0n) is 22.9. The third-order valence-electron chi connectivity index (χ3n) is 6.43. The zero-order valence-corrected chi connectivity index (χ0v) is 22.8. The average Bonchev–Trinajstić information content (AvgIpc) is 3.26. The first kappa shape index (κ1) is 26.2. The fraction of sp³-hybridized carbons (Fsp3) is 0.481. The summed E-state index contributed by atoms with van der Waals surface area (Å²) in [6.45, 7) is 10.3. The number of hydrogen-bond donors (Lipinski definition) is 2. The van der Waals surface area contributed by atoms with Crippen molar-refractivity contribution in [2.24, 2.45) is 0 Å². The van der Waals surface area contributed by atoms with Crippen LogP contribution in [-0.4, -0.2) is 51.7 Å². The first-order valence-corrected chi connectivity index (χ1v) is 13.7. The molecule has 200 valence electrons. The second kappa shape index (κ2) is 12.0. The lowest BCUT2D eigenvalue weighted by Gasteiger charge is -2.37. The third kappa shape index (κ3) is 6.37. The van der Waals surface area contributed by atoms with Gasteiger partial charge in [0.15, 0.2) is 0 Å².